The molecule has 2 aromatic rings. The second-order valence-corrected chi connectivity index (χ2v) is 8.73. The van der Waals surface area contributed by atoms with E-state index in [1.807, 2.05) is 23.6 Å². The van der Waals surface area contributed by atoms with Crippen LogP contribution in [-0.2, 0) is 22.4 Å². The van der Waals surface area contributed by atoms with E-state index >= 15 is 0 Å². The van der Waals surface area contributed by atoms with Gasteiger partial charge in [0.1, 0.15) is 0 Å². The predicted octanol–water partition coefficient (Wildman–Crippen LogP) is 2.99. The topological polar surface area (TPSA) is 60.9 Å². The highest BCUT2D eigenvalue weighted by atomic mass is 32.1. The second-order valence-electron chi connectivity index (χ2n) is 7.69. The standard InChI is InChI=1S/C22H25N3O3S/c26-20-21(27)25(22(28)24(20)13-10-19-7-4-14-29-19)16-23-11-8-18(9-12-23)15-17-5-2-1-3-6-17/h1-7,14,18H,8-13,15-16H2. The maximum Gasteiger partial charge on any atom is 0.335 e. The molecule has 2 saturated heterocycles. The lowest BCUT2D eigenvalue weighted by atomic mass is 9.90. The van der Waals surface area contributed by atoms with E-state index in [0.717, 1.165) is 47.0 Å². The maximum atomic E-state index is 12.7. The molecule has 0 aliphatic carbocycles. The smallest absolute Gasteiger partial charge is 0.285 e. The molecule has 152 valence electrons. The summed E-state index contributed by atoms with van der Waals surface area (Å²) in [5, 5.41) is 1.96. The zero-order valence-corrected chi connectivity index (χ0v) is 17.1. The van der Waals surface area contributed by atoms with Crippen molar-refractivity contribution >= 4 is 29.2 Å². The minimum absolute atomic E-state index is 0.205. The summed E-state index contributed by atoms with van der Waals surface area (Å²) in [6.45, 7) is 2.12. The van der Waals surface area contributed by atoms with Crippen molar-refractivity contribution in [3.63, 3.8) is 0 Å². The van der Waals surface area contributed by atoms with Crippen LogP contribution in [0.5, 0.6) is 0 Å². The van der Waals surface area contributed by atoms with Crippen LogP contribution in [-0.4, -0.2) is 58.8 Å². The zero-order valence-electron chi connectivity index (χ0n) is 16.3. The van der Waals surface area contributed by atoms with Gasteiger partial charge in [0.2, 0.25) is 0 Å². The first-order valence-electron chi connectivity index (χ1n) is 10.1. The Morgan fingerprint density at radius 3 is 2.31 bits per heavy atom. The number of imide groups is 2. The van der Waals surface area contributed by atoms with E-state index in [9.17, 15) is 14.4 Å². The van der Waals surface area contributed by atoms with Gasteiger partial charge in [-0.25, -0.2) is 9.69 Å². The molecular formula is C22H25N3O3S. The molecule has 7 heteroatoms. The number of rotatable bonds is 7. The fraction of sp³-hybridized carbons (Fsp3) is 0.409. The molecule has 0 atom stereocenters. The summed E-state index contributed by atoms with van der Waals surface area (Å²) in [6, 6.07) is 13.9. The number of carbonyl (C=O) groups is 3. The number of piperidine rings is 1. The molecule has 0 unspecified atom stereocenters. The SMILES string of the molecule is O=C1C(=O)N(CN2CCC(Cc3ccccc3)CC2)C(=O)N1CCc1cccs1. The highest BCUT2D eigenvalue weighted by Crippen LogP contribution is 2.23. The number of likely N-dealkylation sites (tertiary alicyclic amines) is 1. The van der Waals surface area contributed by atoms with E-state index in [2.05, 4.69) is 29.2 Å². The Kier molecular flexibility index (Phi) is 6.06. The first-order chi connectivity index (χ1) is 14.1. The summed E-state index contributed by atoms with van der Waals surface area (Å²) in [5.74, 6) is -0.791. The van der Waals surface area contributed by atoms with Gasteiger partial charge in [-0.2, -0.15) is 0 Å². The summed E-state index contributed by atoms with van der Waals surface area (Å²) in [7, 11) is 0. The van der Waals surface area contributed by atoms with Gasteiger partial charge in [0.15, 0.2) is 0 Å². The molecule has 4 amide bonds. The molecule has 6 nitrogen and oxygen atoms in total. The Balaban J connectivity index is 1.28. The average Bonchev–Trinajstić information content (AvgIpc) is 3.32. The van der Waals surface area contributed by atoms with E-state index in [-0.39, 0.29) is 13.2 Å². The predicted molar refractivity (Wildman–Crippen MR) is 111 cm³/mol. The van der Waals surface area contributed by atoms with Gasteiger partial charge in [-0.3, -0.25) is 19.4 Å². The molecule has 1 aromatic carbocycles. The van der Waals surface area contributed by atoms with Gasteiger partial charge >= 0.3 is 17.8 Å². The van der Waals surface area contributed by atoms with Crippen LogP contribution in [0.2, 0.25) is 0 Å². The quantitative estimate of drug-likeness (QED) is 0.519. The zero-order chi connectivity index (χ0) is 20.2. The van der Waals surface area contributed by atoms with Crippen molar-refractivity contribution in [2.75, 3.05) is 26.3 Å². The highest BCUT2D eigenvalue weighted by molar-refractivity contribution is 7.09. The summed E-state index contributed by atoms with van der Waals surface area (Å²) in [4.78, 5) is 42.7. The molecule has 0 saturated carbocycles. The van der Waals surface area contributed by atoms with Crippen LogP contribution in [0.3, 0.4) is 0 Å². The monoisotopic (exact) mass is 411 g/mol. The van der Waals surface area contributed by atoms with Crippen molar-refractivity contribution < 1.29 is 14.4 Å². The van der Waals surface area contributed by atoms with Gasteiger partial charge in [0, 0.05) is 30.9 Å². The Morgan fingerprint density at radius 1 is 0.897 bits per heavy atom. The minimum atomic E-state index is -0.703. The number of amides is 4. The lowest BCUT2D eigenvalue weighted by molar-refractivity contribution is -0.144. The summed E-state index contributed by atoms with van der Waals surface area (Å²) in [6.07, 6.45) is 3.70. The van der Waals surface area contributed by atoms with Crippen molar-refractivity contribution in [3.05, 3.63) is 58.3 Å². The fourth-order valence-electron chi connectivity index (χ4n) is 4.03. The molecule has 0 bridgehead atoms. The van der Waals surface area contributed by atoms with E-state index in [1.54, 1.807) is 11.3 Å². The number of carbonyl (C=O) groups excluding carboxylic acids is 3. The molecular weight excluding hydrogens is 386 g/mol. The Morgan fingerprint density at radius 2 is 1.62 bits per heavy atom. The number of hydrogen-bond acceptors (Lipinski definition) is 5. The molecule has 2 aliphatic heterocycles. The third-order valence-corrected chi connectivity index (χ3v) is 6.65. The number of nitrogens with zero attached hydrogens (tertiary/aromatic N) is 3. The van der Waals surface area contributed by atoms with Crippen molar-refractivity contribution in [2.24, 2.45) is 5.92 Å². The van der Waals surface area contributed by atoms with Crippen LogP contribution in [0.4, 0.5) is 4.79 Å². The van der Waals surface area contributed by atoms with Crippen LogP contribution in [0.1, 0.15) is 23.3 Å². The molecule has 29 heavy (non-hydrogen) atoms. The van der Waals surface area contributed by atoms with Crippen LogP contribution >= 0.6 is 11.3 Å². The van der Waals surface area contributed by atoms with E-state index in [0.29, 0.717) is 12.3 Å². The van der Waals surface area contributed by atoms with Gasteiger partial charge < -0.3 is 0 Å². The van der Waals surface area contributed by atoms with Gasteiger partial charge in [-0.05, 0) is 42.2 Å². The van der Waals surface area contributed by atoms with Crippen molar-refractivity contribution in [1.82, 2.24) is 14.7 Å². The largest absolute Gasteiger partial charge is 0.335 e. The molecule has 2 aliphatic rings. The Bertz CT molecular complexity index is 861. The third kappa shape index (κ3) is 4.57. The van der Waals surface area contributed by atoms with Gasteiger partial charge in [0.05, 0.1) is 6.67 Å². The van der Waals surface area contributed by atoms with Gasteiger partial charge in [-0.15, -0.1) is 11.3 Å². The van der Waals surface area contributed by atoms with Crippen LogP contribution in [0.25, 0.3) is 0 Å². The lowest BCUT2D eigenvalue weighted by Crippen LogP contribution is -2.45. The first-order valence-corrected chi connectivity index (χ1v) is 11.0. The van der Waals surface area contributed by atoms with Crippen molar-refractivity contribution in [2.45, 2.75) is 25.7 Å². The summed E-state index contributed by atoms with van der Waals surface area (Å²) in [5.41, 5.74) is 1.35. The molecule has 3 heterocycles. The summed E-state index contributed by atoms with van der Waals surface area (Å²) < 4.78 is 0. The molecule has 0 N–H and O–H groups in total. The highest BCUT2D eigenvalue weighted by Gasteiger charge is 2.44. The van der Waals surface area contributed by atoms with E-state index in [4.69, 9.17) is 0 Å². The van der Waals surface area contributed by atoms with Crippen LogP contribution < -0.4 is 0 Å². The van der Waals surface area contributed by atoms with Crippen molar-refractivity contribution in [1.29, 1.82) is 0 Å². The lowest BCUT2D eigenvalue weighted by Gasteiger charge is -2.33. The molecule has 4 rings (SSSR count). The molecule has 0 radical (unpaired) electrons. The Hall–Kier alpha value is -2.51. The second kappa shape index (κ2) is 8.88. The van der Waals surface area contributed by atoms with Gasteiger partial charge in [0.25, 0.3) is 0 Å². The van der Waals surface area contributed by atoms with Crippen LogP contribution in [0, 0.1) is 5.92 Å². The van der Waals surface area contributed by atoms with Crippen LogP contribution in [0.15, 0.2) is 47.8 Å². The van der Waals surface area contributed by atoms with E-state index in [1.165, 1.54) is 5.56 Å². The van der Waals surface area contributed by atoms with Gasteiger partial charge in [-0.1, -0.05) is 36.4 Å². The molecule has 1 aromatic heterocycles. The average molecular weight is 412 g/mol. The third-order valence-electron chi connectivity index (χ3n) is 5.71. The maximum absolute atomic E-state index is 12.7. The summed E-state index contributed by atoms with van der Waals surface area (Å²) >= 11 is 1.58. The number of urea groups is 1. The molecule has 0 spiro atoms. The molecule has 2 fully saturated rings. The van der Waals surface area contributed by atoms with E-state index < -0.39 is 17.8 Å². The number of benzene rings is 1. The normalized spacial score (nSPS) is 18.8. The number of thiophene rings is 1. The van der Waals surface area contributed by atoms with Crippen molar-refractivity contribution in [3.8, 4) is 0 Å². The fourth-order valence-corrected chi connectivity index (χ4v) is 4.73. The first kappa shape index (κ1) is 19.8. The number of hydrogen-bond donors (Lipinski definition) is 0. The Labute approximate surface area is 174 Å². The minimum Gasteiger partial charge on any atom is -0.285 e.